The fraction of sp³-hybridized carbons (Fsp3) is 0.385. The van der Waals surface area contributed by atoms with Crippen molar-refractivity contribution in [3.05, 3.63) is 29.1 Å². The van der Waals surface area contributed by atoms with Gasteiger partial charge in [0.1, 0.15) is 17.8 Å². The van der Waals surface area contributed by atoms with Crippen molar-refractivity contribution in [1.82, 2.24) is 10.3 Å². The van der Waals surface area contributed by atoms with Crippen molar-refractivity contribution in [2.75, 3.05) is 12.0 Å². The molecule has 1 aromatic rings. The van der Waals surface area contributed by atoms with Crippen LogP contribution in [0.5, 0.6) is 0 Å². The van der Waals surface area contributed by atoms with E-state index in [2.05, 4.69) is 10.3 Å². The summed E-state index contributed by atoms with van der Waals surface area (Å²) in [5, 5.41) is 20.3. The molecule has 1 unspecified atom stereocenters. The van der Waals surface area contributed by atoms with Crippen LogP contribution in [-0.2, 0) is 4.79 Å². The van der Waals surface area contributed by atoms with Crippen LogP contribution in [0.25, 0.3) is 0 Å². The number of carboxylic acids is 1. The van der Waals surface area contributed by atoms with Crippen molar-refractivity contribution in [1.29, 1.82) is 5.26 Å². The van der Waals surface area contributed by atoms with E-state index in [-0.39, 0.29) is 5.69 Å². The molecule has 1 heterocycles. The Hall–Kier alpha value is -2.07. The number of rotatable bonds is 6. The van der Waals surface area contributed by atoms with Gasteiger partial charge in [-0.3, -0.25) is 4.79 Å². The molecule has 1 atom stereocenters. The Labute approximate surface area is 121 Å². The molecule has 0 bridgehead atoms. The lowest BCUT2D eigenvalue weighted by atomic mass is 10.2. The highest BCUT2D eigenvalue weighted by molar-refractivity contribution is 7.98. The third-order valence-corrected chi connectivity index (χ3v) is 3.30. The first-order valence-electron chi connectivity index (χ1n) is 5.90. The topological polar surface area (TPSA) is 103 Å². The number of hydrogen-bond donors (Lipinski definition) is 2. The number of aliphatic carboxylic acids is 1. The number of nitrogens with one attached hydrogen (secondary N) is 1. The molecule has 1 amide bonds. The smallest absolute Gasteiger partial charge is 0.326 e. The molecule has 106 valence electrons. The first-order chi connectivity index (χ1) is 9.49. The summed E-state index contributed by atoms with van der Waals surface area (Å²) in [5.74, 6) is -0.985. The van der Waals surface area contributed by atoms with Crippen LogP contribution in [0.1, 0.15) is 28.2 Å². The van der Waals surface area contributed by atoms with Gasteiger partial charge in [0.2, 0.25) is 0 Å². The largest absolute Gasteiger partial charge is 0.480 e. The van der Waals surface area contributed by atoms with Crippen molar-refractivity contribution in [3.8, 4) is 6.07 Å². The maximum atomic E-state index is 11.9. The quantitative estimate of drug-likeness (QED) is 0.817. The molecular weight excluding hydrogens is 278 g/mol. The summed E-state index contributed by atoms with van der Waals surface area (Å²) in [6.07, 6.45) is 2.21. The van der Waals surface area contributed by atoms with Gasteiger partial charge < -0.3 is 10.4 Å². The number of aromatic nitrogens is 1. The summed E-state index contributed by atoms with van der Waals surface area (Å²) in [4.78, 5) is 27.0. The molecule has 1 rings (SSSR count). The van der Waals surface area contributed by atoms with Gasteiger partial charge in [-0.05, 0) is 37.5 Å². The van der Waals surface area contributed by atoms with Gasteiger partial charge in [0.25, 0.3) is 5.91 Å². The molecule has 0 saturated carbocycles. The maximum absolute atomic E-state index is 11.9. The molecule has 0 saturated heterocycles. The number of aryl methyl sites for hydroxylation is 1. The van der Waals surface area contributed by atoms with E-state index < -0.39 is 17.9 Å². The third-order valence-electron chi connectivity index (χ3n) is 2.65. The van der Waals surface area contributed by atoms with E-state index in [4.69, 9.17) is 10.4 Å². The molecule has 7 heteroatoms. The monoisotopic (exact) mass is 293 g/mol. The standard InChI is InChI=1S/C13H15N3O3S/c1-8-9(7-14)3-4-10(15-8)12(17)16-11(13(18)19)5-6-20-2/h3-4,11H,5-6H2,1-2H3,(H,16,17)(H,18,19). The maximum Gasteiger partial charge on any atom is 0.326 e. The summed E-state index contributed by atoms with van der Waals surface area (Å²) >= 11 is 1.51. The van der Waals surface area contributed by atoms with Crippen LogP contribution >= 0.6 is 11.8 Å². The van der Waals surface area contributed by atoms with Crippen molar-refractivity contribution in [2.45, 2.75) is 19.4 Å². The van der Waals surface area contributed by atoms with E-state index in [1.807, 2.05) is 12.3 Å². The number of thioether (sulfide) groups is 1. The number of nitrogens with zero attached hydrogens (tertiary/aromatic N) is 2. The van der Waals surface area contributed by atoms with Crippen molar-refractivity contribution >= 4 is 23.6 Å². The number of amides is 1. The molecule has 6 nitrogen and oxygen atoms in total. The number of carboxylic acid groups (broad SMARTS) is 1. The average molecular weight is 293 g/mol. The molecule has 0 aliphatic rings. The van der Waals surface area contributed by atoms with Crippen molar-refractivity contribution in [3.63, 3.8) is 0 Å². The average Bonchev–Trinajstić information content (AvgIpc) is 2.42. The van der Waals surface area contributed by atoms with Crippen LogP contribution in [0.4, 0.5) is 0 Å². The molecule has 0 aliphatic heterocycles. The van der Waals surface area contributed by atoms with E-state index in [1.54, 1.807) is 6.92 Å². The first kappa shape index (κ1) is 16.0. The minimum absolute atomic E-state index is 0.108. The first-order valence-corrected chi connectivity index (χ1v) is 7.29. The van der Waals surface area contributed by atoms with Crippen molar-refractivity contribution in [2.24, 2.45) is 0 Å². The Morgan fingerprint density at radius 2 is 2.25 bits per heavy atom. The Balaban J connectivity index is 2.81. The molecule has 0 radical (unpaired) electrons. The summed E-state index contributed by atoms with van der Waals surface area (Å²) in [5.41, 5.74) is 0.937. The van der Waals surface area contributed by atoms with Gasteiger partial charge in [0.15, 0.2) is 0 Å². The number of nitriles is 1. The zero-order valence-corrected chi connectivity index (χ0v) is 12.0. The lowest BCUT2D eigenvalue weighted by molar-refractivity contribution is -0.139. The third kappa shape index (κ3) is 4.24. The van der Waals surface area contributed by atoms with Crippen LogP contribution < -0.4 is 5.32 Å². The Bertz CT molecular complexity index is 554. The zero-order valence-electron chi connectivity index (χ0n) is 11.2. The minimum Gasteiger partial charge on any atom is -0.480 e. The number of hydrogen-bond acceptors (Lipinski definition) is 5. The molecule has 20 heavy (non-hydrogen) atoms. The van der Waals surface area contributed by atoms with Gasteiger partial charge in [-0.1, -0.05) is 0 Å². The highest BCUT2D eigenvalue weighted by Gasteiger charge is 2.21. The van der Waals surface area contributed by atoms with Crippen LogP contribution in [0.3, 0.4) is 0 Å². The second-order valence-corrected chi connectivity index (χ2v) is 5.07. The van der Waals surface area contributed by atoms with Crippen LogP contribution in [-0.4, -0.2) is 40.0 Å². The number of carbonyl (C=O) groups excluding carboxylic acids is 1. The van der Waals surface area contributed by atoms with Gasteiger partial charge in [0, 0.05) is 0 Å². The van der Waals surface area contributed by atoms with E-state index in [1.165, 1.54) is 23.9 Å². The predicted molar refractivity (Wildman–Crippen MR) is 75.6 cm³/mol. The van der Waals surface area contributed by atoms with E-state index in [0.717, 1.165) is 0 Å². The molecule has 2 N–H and O–H groups in total. The van der Waals surface area contributed by atoms with Gasteiger partial charge >= 0.3 is 5.97 Å². The molecular formula is C13H15N3O3S. The van der Waals surface area contributed by atoms with Gasteiger partial charge in [-0.2, -0.15) is 17.0 Å². The Kier molecular flexibility index (Phi) is 6.00. The fourth-order valence-corrected chi connectivity index (χ4v) is 2.00. The van der Waals surface area contributed by atoms with E-state index in [0.29, 0.717) is 23.4 Å². The van der Waals surface area contributed by atoms with Gasteiger partial charge in [-0.15, -0.1) is 0 Å². The molecule has 0 fully saturated rings. The highest BCUT2D eigenvalue weighted by Crippen LogP contribution is 2.07. The van der Waals surface area contributed by atoms with Crippen molar-refractivity contribution < 1.29 is 14.7 Å². The lowest BCUT2D eigenvalue weighted by Crippen LogP contribution is -2.41. The van der Waals surface area contributed by atoms with Gasteiger partial charge in [0.05, 0.1) is 11.3 Å². The van der Waals surface area contributed by atoms with E-state index >= 15 is 0 Å². The second-order valence-electron chi connectivity index (χ2n) is 4.09. The number of carbonyl (C=O) groups is 2. The van der Waals surface area contributed by atoms with E-state index in [9.17, 15) is 9.59 Å². The molecule has 0 aromatic carbocycles. The summed E-state index contributed by atoms with van der Waals surface area (Å²) < 4.78 is 0. The fourth-order valence-electron chi connectivity index (χ4n) is 1.53. The van der Waals surface area contributed by atoms with Crippen LogP contribution in [0.15, 0.2) is 12.1 Å². The van der Waals surface area contributed by atoms with Gasteiger partial charge in [-0.25, -0.2) is 9.78 Å². The Morgan fingerprint density at radius 3 is 2.75 bits per heavy atom. The Morgan fingerprint density at radius 1 is 1.55 bits per heavy atom. The SMILES string of the molecule is CSCCC(NC(=O)c1ccc(C#N)c(C)n1)C(=O)O. The minimum atomic E-state index is -1.07. The summed E-state index contributed by atoms with van der Waals surface area (Å²) in [6, 6.07) is 3.93. The summed E-state index contributed by atoms with van der Waals surface area (Å²) in [7, 11) is 0. The second kappa shape index (κ2) is 7.50. The molecule has 1 aromatic heterocycles. The molecule has 0 spiro atoms. The summed E-state index contributed by atoms with van der Waals surface area (Å²) in [6.45, 7) is 1.62. The predicted octanol–water partition coefficient (Wildman–Crippen LogP) is 1.20. The molecule has 0 aliphatic carbocycles. The zero-order chi connectivity index (χ0) is 15.1. The lowest BCUT2D eigenvalue weighted by Gasteiger charge is -2.13. The van der Waals surface area contributed by atoms with Crippen LogP contribution in [0.2, 0.25) is 0 Å². The van der Waals surface area contributed by atoms with Crippen LogP contribution in [0, 0.1) is 18.3 Å². The normalized spacial score (nSPS) is 11.4. The number of pyridine rings is 1. The highest BCUT2D eigenvalue weighted by atomic mass is 32.2.